The molecule has 0 fully saturated rings. The van der Waals surface area contributed by atoms with Gasteiger partial charge in [-0.2, -0.15) is 0 Å². The van der Waals surface area contributed by atoms with E-state index >= 15 is 0 Å². The van der Waals surface area contributed by atoms with Gasteiger partial charge in [-0.3, -0.25) is 19.7 Å². The van der Waals surface area contributed by atoms with Crippen molar-refractivity contribution in [2.75, 3.05) is 18.6 Å². The van der Waals surface area contributed by atoms with Gasteiger partial charge in [-0.25, -0.2) is 0 Å². The zero-order valence-corrected chi connectivity index (χ0v) is 15.8. The molecule has 0 aliphatic carbocycles. The van der Waals surface area contributed by atoms with Gasteiger partial charge in [0.15, 0.2) is 0 Å². The molecular formula is C21H19N3O5. The highest BCUT2D eigenvalue weighted by atomic mass is 16.6. The molecule has 0 saturated carbocycles. The van der Waals surface area contributed by atoms with E-state index in [0.29, 0.717) is 35.5 Å². The van der Waals surface area contributed by atoms with E-state index in [2.05, 4.69) is 4.98 Å². The van der Waals surface area contributed by atoms with Crippen LogP contribution in [0, 0.1) is 10.1 Å². The van der Waals surface area contributed by atoms with Crippen LogP contribution >= 0.6 is 0 Å². The summed E-state index contributed by atoms with van der Waals surface area (Å²) in [5.41, 5.74) is 2.42. The van der Waals surface area contributed by atoms with Gasteiger partial charge in [-0.15, -0.1) is 0 Å². The number of amides is 1. The van der Waals surface area contributed by atoms with E-state index in [1.807, 2.05) is 12.1 Å². The SMILES string of the molecule is COc1ccc2cc(CCC(=O)N3CCc4ccc([N+](=O)[O-])cc43)c(=O)[nH]c2c1. The molecule has 0 radical (unpaired) electrons. The minimum absolute atomic E-state index is 0.0372. The van der Waals surface area contributed by atoms with Crippen LogP contribution < -0.4 is 15.2 Å². The normalized spacial score (nSPS) is 12.8. The molecular weight excluding hydrogens is 374 g/mol. The van der Waals surface area contributed by atoms with E-state index in [4.69, 9.17) is 4.74 Å². The summed E-state index contributed by atoms with van der Waals surface area (Å²) in [5, 5.41) is 11.9. The minimum atomic E-state index is -0.467. The van der Waals surface area contributed by atoms with Crippen LogP contribution in [-0.2, 0) is 17.6 Å². The zero-order chi connectivity index (χ0) is 20.5. The molecule has 1 aromatic heterocycles. The second kappa shape index (κ2) is 7.38. The Morgan fingerprint density at radius 2 is 2.07 bits per heavy atom. The predicted octanol–water partition coefficient (Wildman–Crippen LogP) is 2.97. The van der Waals surface area contributed by atoms with Crippen molar-refractivity contribution < 1.29 is 14.5 Å². The van der Waals surface area contributed by atoms with Crippen LogP contribution in [0.1, 0.15) is 17.5 Å². The predicted molar refractivity (Wildman–Crippen MR) is 109 cm³/mol. The molecule has 0 unspecified atom stereocenters. The average molecular weight is 393 g/mol. The topological polar surface area (TPSA) is 106 Å². The van der Waals surface area contributed by atoms with Gasteiger partial charge in [0.05, 0.1) is 23.2 Å². The van der Waals surface area contributed by atoms with Crippen LogP contribution in [0.2, 0.25) is 0 Å². The number of methoxy groups -OCH3 is 1. The molecule has 29 heavy (non-hydrogen) atoms. The first-order valence-corrected chi connectivity index (χ1v) is 9.24. The van der Waals surface area contributed by atoms with Crippen molar-refractivity contribution in [3.63, 3.8) is 0 Å². The van der Waals surface area contributed by atoms with Crippen molar-refractivity contribution in [2.45, 2.75) is 19.3 Å². The van der Waals surface area contributed by atoms with Crippen LogP contribution in [0.5, 0.6) is 5.75 Å². The third-order valence-corrected chi connectivity index (χ3v) is 5.21. The number of aromatic nitrogens is 1. The molecule has 1 aliphatic rings. The molecule has 8 heteroatoms. The Hall–Kier alpha value is -3.68. The van der Waals surface area contributed by atoms with Crippen LogP contribution in [0.4, 0.5) is 11.4 Å². The number of ether oxygens (including phenoxy) is 1. The zero-order valence-electron chi connectivity index (χ0n) is 15.8. The summed E-state index contributed by atoms with van der Waals surface area (Å²) in [6.45, 7) is 0.489. The maximum Gasteiger partial charge on any atom is 0.271 e. The highest BCUT2D eigenvalue weighted by Crippen LogP contribution is 2.32. The van der Waals surface area contributed by atoms with Gasteiger partial charge in [-0.1, -0.05) is 6.07 Å². The largest absolute Gasteiger partial charge is 0.497 e. The van der Waals surface area contributed by atoms with Crippen molar-refractivity contribution in [2.24, 2.45) is 0 Å². The van der Waals surface area contributed by atoms with Gasteiger partial charge in [0, 0.05) is 36.7 Å². The lowest BCUT2D eigenvalue weighted by Crippen LogP contribution is -2.29. The number of H-pyrrole nitrogens is 1. The standard InChI is InChI=1S/C21H19N3O5/c1-29-17-6-3-14-10-15(21(26)22-18(14)12-17)4-7-20(25)23-9-8-13-2-5-16(24(27)28)11-19(13)23/h2-3,5-6,10-12H,4,7-9H2,1H3,(H,22,26). The average Bonchev–Trinajstić information content (AvgIpc) is 3.14. The van der Waals surface area contributed by atoms with E-state index in [1.54, 1.807) is 30.2 Å². The van der Waals surface area contributed by atoms with Gasteiger partial charge in [0.25, 0.3) is 11.2 Å². The first-order chi connectivity index (χ1) is 14.0. The second-order valence-electron chi connectivity index (χ2n) is 6.94. The van der Waals surface area contributed by atoms with E-state index in [1.165, 1.54) is 12.1 Å². The molecule has 0 saturated heterocycles. The first-order valence-electron chi connectivity index (χ1n) is 9.24. The maximum atomic E-state index is 12.7. The molecule has 1 aliphatic heterocycles. The Balaban J connectivity index is 1.52. The third kappa shape index (κ3) is 3.56. The fourth-order valence-electron chi connectivity index (χ4n) is 3.65. The summed E-state index contributed by atoms with van der Waals surface area (Å²) in [5.74, 6) is 0.497. The number of fused-ring (bicyclic) bond motifs is 2. The van der Waals surface area contributed by atoms with E-state index in [9.17, 15) is 19.7 Å². The Labute approximate surface area is 165 Å². The molecule has 0 atom stereocenters. The summed E-state index contributed by atoms with van der Waals surface area (Å²) >= 11 is 0. The molecule has 2 aromatic carbocycles. The number of nitrogens with zero attached hydrogens (tertiary/aromatic N) is 2. The molecule has 0 bridgehead atoms. The van der Waals surface area contributed by atoms with Crippen LogP contribution in [-0.4, -0.2) is 29.5 Å². The van der Waals surface area contributed by atoms with Crippen LogP contribution in [0.15, 0.2) is 47.3 Å². The summed E-state index contributed by atoms with van der Waals surface area (Å²) in [7, 11) is 1.56. The van der Waals surface area contributed by atoms with Crippen molar-refractivity contribution in [1.82, 2.24) is 4.98 Å². The van der Waals surface area contributed by atoms with Crippen molar-refractivity contribution in [3.05, 3.63) is 74.1 Å². The molecule has 0 spiro atoms. The van der Waals surface area contributed by atoms with Gasteiger partial charge in [-0.05, 0) is 42.0 Å². The fraction of sp³-hybridized carbons (Fsp3) is 0.238. The summed E-state index contributed by atoms with van der Waals surface area (Å²) in [6, 6.07) is 11.8. The van der Waals surface area contributed by atoms with E-state index in [0.717, 1.165) is 10.9 Å². The molecule has 1 N–H and O–H groups in total. The Morgan fingerprint density at radius 3 is 2.83 bits per heavy atom. The lowest BCUT2D eigenvalue weighted by Gasteiger charge is -2.17. The minimum Gasteiger partial charge on any atom is -0.497 e. The maximum absolute atomic E-state index is 12.7. The van der Waals surface area contributed by atoms with Gasteiger partial charge < -0.3 is 14.6 Å². The Bertz CT molecular complexity index is 1180. The van der Waals surface area contributed by atoms with Crippen LogP contribution in [0.3, 0.4) is 0 Å². The number of non-ortho nitro benzene ring substituents is 1. The van der Waals surface area contributed by atoms with E-state index in [-0.39, 0.29) is 30.0 Å². The summed E-state index contributed by atoms with van der Waals surface area (Å²) in [4.78, 5) is 40.1. The highest BCUT2D eigenvalue weighted by Gasteiger charge is 2.26. The summed E-state index contributed by atoms with van der Waals surface area (Å²) in [6.07, 6.45) is 1.10. The third-order valence-electron chi connectivity index (χ3n) is 5.21. The monoisotopic (exact) mass is 393 g/mol. The number of benzene rings is 2. The lowest BCUT2D eigenvalue weighted by atomic mass is 10.1. The van der Waals surface area contributed by atoms with E-state index < -0.39 is 4.92 Å². The number of anilines is 1. The summed E-state index contributed by atoms with van der Waals surface area (Å²) < 4.78 is 5.17. The van der Waals surface area contributed by atoms with Gasteiger partial charge >= 0.3 is 0 Å². The van der Waals surface area contributed by atoms with Gasteiger partial charge in [0.2, 0.25) is 5.91 Å². The number of rotatable bonds is 5. The molecule has 4 rings (SSSR count). The number of aromatic amines is 1. The number of carbonyl (C=O) groups excluding carboxylic acids is 1. The number of hydrogen-bond acceptors (Lipinski definition) is 5. The number of aryl methyl sites for hydroxylation is 1. The Morgan fingerprint density at radius 1 is 1.24 bits per heavy atom. The molecule has 8 nitrogen and oxygen atoms in total. The van der Waals surface area contributed by atoms with Crippen molar-refractivity contribution in [3.8, 4) is 5.75 Å². The number of nitrogens with one attached hydrogen (secondary N) is 1. The quantitative estimate of drug-likeness (QED) is 0.530. The first kappa shape index (κ1) is 18.7. The molecule has 1 amide bonds. The molecule has 2 heterocycles. The Kier molecular flexibility index (Phi) is 4.75. The number of hydrogen-bond donors (Lipinski definition) is 1. The smallest absolute Gasteiger partial charge is 0.271 e. The fourth-order valence-corrected chi connectivity index (χ4v) is 3.65. The number of nitro benzene ring substituents is 1. The van der Waals surface area contributed by atoms with Crippen molar-refractivity contribution >= 4 is 28.2 Å². The van der Waals surface area contributed by atoms with Gasteiger partial charge in [0.1, 0.15) is 5.75 Å². The van der Waals surface area contributed by atoms with Crippen LogP contribution in [0.25, 0.3) is 10.9 Å². The molecule has 3 aromatic rings. The number of carbonyl (C=O) groups is 1. The lowest BCUT2D eigenvalue weighted by molar-refractivity contribution is -0.384. The number of pyridine rings is 1. The molecule has 148 valence electrons. The highest BCUT2D eigenvalue weighted by molar-refractivity contribution is 5.96. The van der Waals surface area contributed by atoms with Crippen molar-refractivity contribution in [1.29, 1.82) is 0 Å². The number of nitro groups is 1. The second-order valence-corrected chi connectivity index (χ2v) is 6.94.